The van der Waals surface area contributed by atoms with Gasteiger partial charge in [0.2, 0.25) is 6.41 Å². The van der Waals surface area contributed by atoms with Crippen LogP contribution in [-0.2, 0) is 28.5 Å². The van der Waals surface area contributed by atoms with Crippen molar-refractivity contribution in [1.29, 1.82) is 0 Å². The lowest BCUT2D eigenvalue weighted by molar-refractivity contribution is -0.278. The van der Waals surface area contributed by atoms with Gasteiger partial charge in [-0.1, -0.05) is 6.92 Å². The van der Waals surface area contributed by atoms with E-state index < -0.39 is 22.7 Å². The van der Waals surface area contributed by atoms with Crippen LogP contribution in [0.25, 0.3) is 0 Å². The van der Waals surface area contributed by atoms with E-state index in [-0.39, 0.29) is 60.2 Å². The van der Waals surface area contributed by atoms with Crippen LogP contribution in [0.1, 0.15) is 32.6 Å². The number of aliphatic hydroxyl groups is 1. The van der Waals surface area contributed by atoms with Gasteiger partial charge in [0.1, 0.15) is 18.0 Å². The molecule has 2 heterocycles. The normalized spacial score (nSPS) is 63.4. The lowest BCUT2D eigenvalue weighted by atomic mass is 9.43. The van der Waals surface area contributed by atoms with Crippen molar-refractivity contribution in [2.45, 2.75) is 74.3 Å². The Labute approximate surface area is 188 Å². The highest BCUT2D eigenvalue weighted by Gasteiger charge is 2.93. The van der Waals surface area contributed by atoms with Crippen molar-refractivity contribution in [2.75, 3.05) is 34.7 Å². The Bertz CT molecular complexity index is 856. The molecule has 7 fully saturated rings. The quantitative estimate of drug-likeness (QED) is 0.636. The van der Waals surface area contributed by atoms with Crippen molar-refractivity contribution in [2.24, 2.45) is 34.5 Å². The summed E-state index contributed by atoms with van der Waals surface area (Å²) >= 11 is 0. The monoisotopic (exact) mass is 449 g/mol. The van der Waals surface area contributed by atoms with Crippen molar-refractivity contribution in [3.05, 3.63) is 0 Å². The standard InChI is InChI=1S/C24H35NO7/c1-21-6-5-15(29-3)23-13-7-12-14(28-2)8-22(16(13)17(12)30-4)24(32-11-31-22,19(27)18(21)23)20(23)25(9-21)10-26/h10,12-20,27H,5-9,11H2,1-4H3/t12-,13-,14+,15+,16-,17+,18-,19+,20+,21+,22-,23+,24+/m1/s1. The van der Waals surface area contributed by atoms with E-state index in [4.69, 9.17) is 23.7 Å². The molecule has 0 unspecified atom stereocenters. The van der Waals surface area contributed by atoms with Crippen molar-refractivity contribution < 1.29 is 33.6 Å². The van der Waals surface area contributed by atoms with Crippen molar-refractivity contribution in [3.63, 3.8) is 0 Å². The average Bonchev–Trinajstić information content (AvgIpc) is 3.37. The van der Waals surface area contributed by atoms with Gasteiger partial charge in [-0.3, -0.25) is 4.79 Å². The Balaban J connectivity index is 1.57. The van der Waals surface area contributed by atoms with E-state index in [0.717, 1.165) is 25.7 Å². The Morgan fingerprint density at radius 1 is 1.16 bits per heavy atom. The molecule has 2 saturated heterocycles. The largest absolute Gasteiger partial charge is 0.390 e. The third-order valence-electron chi connectivity index (χ3n) is 11.5. The SMILES string of the molecule is CO[C@H]1[C@@H]2C[C@@H]3[C@H]1[C@@]1(C[C@@H]2OC)OCO[C@]12[C@@H](O)[C@@H]1[C@@]4(C)CC[C@H](OC)[C@@]31[C@@H]2N(C=O)C4. The summed E-state index contributed by atoms with van der Waals surface area (Å²) in [6.45, 7) is 3.03. The molecule has 1 amide bonds. The Morgan fingerprint density at radius 2 is 1.97 bits per heavy atom. The molecule has 1 N–H and O–H groups in total. The summed E-state index contributed by atoms with van der Waals surface area (Å²) < 4.78 is 31.7. The first-order chi connectivity index (χ1) is 15.4. The molecule has 7 bridgehead atoms. The minimum Gasteiger partial charge on any atom is -0.390 e. The second-order valence-corrected chi connectivity index (χ2v) is 11.8. The Kier molecular flexibility index (Phi) is 3.91. The maximum absolute atomic E-state index is 12.6. The zero-order valence-electron chi connectivity index (χ0n) is 19.4. The number of rotatable bonds is 4. The second-order valence-electron chi connectivity index (χ2n) is 11.8. The minimum absolute atomic E-state index is 0.0127. The van der Waals surface area contributed by atoms with Gasteiger partial charge in [-0.2, -0.15) is 0 Å². The molecule has 0 aromatic carbocycles. The smallest absolute Gasteiger partial charge is 0.210 e. The number of amides is 1. The number of fused-ring (bicyclic) bond motifs is 1. The highest BCUT2D eigenvalue weighted by molar-refractivity contribution is 5.54. The molecular formula is C24H35NO7. The van der Waals surface area contributed by atoms with Crippen molar-refractivity contribution in [3.8, 4) is 0 Å². The number of carbonyl (C=O) groups excluding carboxylic acids is 1. The number of hydrogen-bond donors (Lipinski definition) is 1. The topological polar surface area (TPSA) is 86.7 Å². The molecule has 32 heavy (non-hydrogen) atoms. The zero-order valence-corrected chi connectivity index (χ0v) is 19.4. The fourth-order valence-electron chi connectivity index (χ4n) is 11.2. The number of hydrogen-bond acceptors (Lipinski definition) is 7. The molecule has 5 aliphatic carbocycles. The molecule has 8 heteroatoms. The van der Waals surface area contributed by atoms with E-state index >= 15 is 0 Å². The van der Waals surface area contributed by atoms with E-state index in [9.17, 15) is 9.90 Å². The lowest BCUT2D eigenvalue weighted by Gasteiger charge is -2.69. The number of nitrogens with zero attached hydrogens (tertiary/aromatic N) is 1. The first-order valence-corrected chi connectivity index (χ1v) is 12.2. The summed E-state index contributed by atoms with van der Waals surface area (Å²) in [5, 5.41) is 12.3. The molecule has 7 aliphatic rings. The fourth-order valence-corrected chi connectivity index (χ4v) is 11.2. The van der Waals surface area contributed by atoms with Crippen LogP contribution in [0, 0.1) is 34.5 Å². The van der Waals surface area contributed by atoms with Gasteiger partial charge < -0.3 is 33.7 Å². The summed E-state index contributed by atoms with van der Waals surface area (Å²) in [4.78, 5) is 14.6. The Hall–Kier alpha value is -0.770. The van der Waals surface area contributed by atoms with E-state index in [1.54, 1.807) is 21.3 Å². The summed E-state index contributed by atoms with van der Waals surface area (Å²) in [6.07, 6.45) is 3.59. The molecule has 0 aromatic heterocycles. The van der Waals surface area contributed by atoms with Gasteiger partial charge in [0.25, 0.3) is 0 Å². The molecule has 0 radical (unpaired) electrons. The van der Waals surface area contributed by atoms with Crippen LogP contribution >= 0.6 is 0 Å². The highest BCUT2D eigenvalue weighted by Crippen LogP contribution is 2.82. The first-order valence-electron chi connectivity index (χ1n) is 12.2. The molecule has 5 saturated carbocycles. The minimum atomic E-state index is -0.999. The Morgan fingerprint density at radius 3 is 2.66 bits per heavy atom. The maximum atomic E-state index is 12.6. The van der Waals surface area contributed by atoms with Gasteiger partial charge in [0.15, 0.2) is 0 Å². The average molecular weight is 450 g/mol. The zero-order chi connectivity index (χ0) is 22.3. The highest BCUT2D eigenvalue weighted by atomic mass is 16.7. The molecule has 7 rings (SSSR count). The van der Waals surface area contributed by atoms with Crippen LogP contribution in [-0.4, -0.2) is 92.7 Å². The van der Waals surface area contributed by atoms with Crippen molar-refractivity contribution in [1.82, 2.24) is 4.90 Å². The summed E-state index contributed by atoms with van der Waals surface area (Å²) in [6, 6.07) is -0.276. The number of methoxy groups -OCH3 is 3. The first kappa shape index (κ1) is 20.6. The predicted molar refractivity (Wildman–Crippen MR) is 110 cm³/mol. The summed E-state index contributed by atoms with van der Waals surface area (Å²) in [7, 11) is 5.34. The van der Waals surface area contributed by atoms with Crippen LogP contribution in [0.2, 0.25) is 0 Å². The lowest BCUT2D eigenvalue weighted by Crippen LogP contribution is -2.80. The van der Waals surface area contributed by atoms with Crippen LogP contribution in [0.4, 0.5) is 0 Å². The molecule has 13 atom stereocenters. The molecule has 2 aliphatic heterocycles. The maximum Gasteiger partial charge on any atom is 0.210 e. The van der Waals surface area contributed by atoms with Crippen LogP contribution in [0.5, 0.6) is 0 Å². The molecule has 0 aromatic rings. The van der Waals surface area contributed by atoms with E-state index in [2.05, 4.69) is 6.92 Å². The van der Waals surface area contributed by atoms with E-state index in [1.807, 2.05) is 4.90 Å². The van der Waals surface area contributed by atoms with Gasteiger partial charge in [0, 0.05) is 57.5 Å². The fraction of sp³-hybridized carbons (Fsp3) is 0.958. The molecular weight excluding hydrogens is 414 g/mol. The number of likely N-dealkylation sites (tertiary alicyclic amines) is 1. The van der Waals surface area contributed by atoms with Crippen LogP contribution < -0.4 is 0 Å². The van der Waals surface area contributed by atoms with E-state index in [1.165, 1.54) is 0 Å². The number of ether oxygens (including phenoxy) is 5. The van der Waals surface area contributed by atoms with Gasteiger partial charge in [0.05, 0.1) is 30.5 Å². The number of carbonyl (C=O) groups is 1. The second kappa shape index (κ2) is 6.07. The van der Waals surface area contributed by atoms with Crippen LogP contribution in [0.3, 0.4) is 0 Å². The van der Waals surface area contributed by atoms with Gasteiger partial charge in [-0.05, 0) is 30.6 Å². The summed E-state index contributed by atoms with van der Waals surface area (Å²) in [5.74, 6) is 0.524. The third-order valence-corrected chi connectivity index (χ3v) is 11.5. The number of aliphatic hydroxyl groups excluding tert-OH is 1. The molecule has 8 nitrogen and oxygen atoms in total. The van der Waals surface area contributed by atoms with Crippen molar-refractivity contribution >= 4 is 6.41 Å². The summed E-state index contributed by atoms with van der Waals surface area (Å²) in [5.41, 5.74) is -2.33. The predicted octanol–water partition coefficient (Wildman–Crippen LogP) is 0.801. The van der Waals surface area contributed by atoms with Crippen LogP contribution in [0.15, 0.2) is 0 Å². The van der Waals surface area contributed by atoms with Gasteiger partial charge in [-0.25, -0.2) is 0 Å². The third kappa shape index (κ3) is 1.72. The molecule has 3 spiro atoms. The number of piperidine rings is 1. The molecule has 178 valence electrons. The van der Waals surface area contributed by atoms with E-state index in [0.29, 0.717) is 13.0 Å². The van der Waals surface area contributed by atoms with Gasteiger partial charge >= 0.3 is 0 Å². The van der Waals surface area contributed by atoms with Gasteiger partial charge in [-0.15, -0.1) is 0 Å².